The van der Waals surface area contributed by atoms with Crippen LogP contribution in [0.1, 0.15) is 25.0 Å². The second-order valence-electron chi connectivity index (χ2n) is 4.78. The van der Waals surface area contributed by atoms with E-state index in [9.17, 15) is 4.79 Å². The lowest BCUT2D eigenvalue weighted by Crippen LogP contribution is -2.33. The number of carbonyl (C=O) groups excluding carboxylic acids is 1. The molecule has 0 bridgehead atoms. The van der Waals surface area contributed by atoms with Gasteiger partial charge in [0.25, 0.3) is 0 Å². The minimum Gasteiger partial charge on any atom is -0.443 e. The number of nitrogens with zero attached hydrogens (tertiary/aromatic N) is 1. The standard InChI is InChI=1S/C14H20N4O2S/c1-9(2)16-14(19)20-8-12(17-18-13(15)21)11-6-4-10(3)5-7-11/h4-7,9H,8H2,1-3H3,(H,16,19)(H3,15,18,21)/b17-12+. The van der Waals surface area contributed by atoms with E-state index in [-0.39, 0.29) is 17.8 Å². The van der Waals surface area contributed by atoms with Crippen LogP contribution in [-0.4, -0.2) is 29.6 Å². The number of thiocarbonyl (C=S) groups is 1. The third-order valence-electron chi connectivity index (χ3n) is 2.43. The normalized spacial score (nSPS) is 11.1. The lowest BCUT2D eigenvalue weighted by atomic mass is 10.1. The molecule has 0 saturated heterocycles. The van der Waals surface area contributed by atoms with Gasteiger partial charge in [0.05, 0.1) is 0 Å². The molecule has 0 aliphatic carbocycles. The summed E-state index contributed by atoms with van der Waals surface area (Å²) in [4.78, 5) is 11.5. The van der Waals surface area contributed by atoms with Gasteiger partial charge in [0, 0.05) is 11.6 Å². The van der Waals surface area contributed by atoms with Gasteiger partial charge in [-0.2, -0.15) is 5.10 Å². The molecule has 0 aliphatic heterocycles. The Labute approximate surface area is 129 Å². The number of nitrogens with one attached hydrogen (secondary N) is 2. The SMILES string of the molecule is Cc1ccc(/C(COC(=O)NC(C)C)=N/NC(N)=S)cc1. The van der Waals surface area contributed by atoms with Crippen LogP contribution in [-0.2, 0) is 4.74 Å². The molecule has 0 fully saturated rings. The Morgan fingerprint density at radius 1 is 1.38 bits per heavy atom. The Bertz CT molecular complexity index is 526. The highest BCUT2D eigenvalue weighted by molar-refractivity contribution is 7.80. The summed E-state index contributed by atoms with van der Waals surface area (Å²) in [7, 11) is 0. The molecule has 1 rings (SSSR count). The molecule has 7 heteroatoms. The molecule has 21 heavy (non-hydrogen) atoms. The van der Waals surface area contributed by atoms with E-state index in [0.717, 1.165) is 11.1 Å². The summed E-state index contributed by atoms with van der Waals surface area (Å²) in [5.74, 6) is 0. The van der Waals surface area contributed by atoms with Crippen molar-refractivity contribution in [3.8, 4) is 0 Å². The second-order valence-corrected chi connectivity index (χ2v) is 5.22. The molecule has 114 valence electrons. The number of hydrazone groups is 1. The summed E-state index contributed by atoms with van der Waals surface area (Å²) in [6.45, 7) is 5.70. The molecule has 4 N–H and O–H groups in total. The van der Waals surface area contributed by atoms with Gasteiger partial charge in [0.1, 0.15) is 12.3 Å². The van der Waals surface area contributed by atoms with Crippen molar-refractivity contribution in [1.29, 1.82) is 0 Å². The van der Waals surface area contributed by atoms with E-state index in [1.807, 2.05) is 45.0 Å². The maximum atomic E-state index is 11.5. The summed E-state index contributed by atoms with van der Waals surface area (Å²) < 4.78 is 5.13. The van der Waals surface area contributed by atoms with Crippen molar-refractivity contribution in [2.24, 2.45) is 10.8 Å². The molecule has 0 heterocycles. The van der Waals surface area contributed by atoms with Crippen molar-refractivity contribution in [2.45, 2.75) is 26.8 Å². The first-order valence-electron chi connectivity index (χ1n) is 6.51. The number of benzene rings is 1. The lowest BCUT2D eigenvalue weighted by molar-refractivity contribution is 0.159. The van der Waals surface area contributed by atoms with Crippen LogP contribution in [0, 0.1) is 6.92 Å². The van der Waals surface area contributed by atoms with Gasteiger partial charge in [-0.05, 0) is 33.0 Å². The molecule has 0 atom stereocenters. The third kappa shape index (κ3) is 6.71. The average molecular weight is 308 g/mol. The van der Waals surface area contributed by atoms with Gasteiger partial charge < -0.3 is 15.8 Å². The fourth-order valence-electron chi connectivity index (χ4n) is 1.46. The first-order valence-corrected chi connectivity index (χ1v) is 6.91. The van der Waals surface area contributed by atoms with Crippen molar-refractivity contribution in [2.75, 3.05) is 6.61 Å². The van der Waals surface area contributed by atoms with Crippen molar-refractivity contribution in [1.82, 2.24) is 10.7 Å². The summed E-state index contributed by atoms with van der Waals surface area (Å²) >= 11 is 4.72. The predicted octanol–water partition coefficient (Wildman–Crippen LogP) is 1.67. The monoisotopic (exact) mass is 308 g/mol. The van der Waals surface area contributed by atoms with Gasteiger partial charge in [0.2, 0.25) is 0 Å². The largest absolute Gasteiger partial charge is 0.443 e. The number of amides is 1. The first-order chi connectivity index (χ1) is 9.88. The second kappa shape index (κ2) is 8.21. The summed E-state index contributed by atoms with van der Waals surface area (Å²) in [6, 6.07) is 7.67. The Morgan fingerprint density at radius 3 is 2.52 bits per heavy atom. The number of alkyl carbamates (subject to hydrolysis) is 1. The molecule has 1 aromatic rings. The first kappa shape index (κ1) is 16.9. The van der Waals surface area contributed by atoms with E-state index in [2.05, 4.69) is 15.8 Å². The van der Waals surface area contributed by atoms with E-state index >= 15 is 0 Å². The van der Waals surface area contributed by atoms with E-state index in [1.54, 1.807) is 0 Å². The molecule has 0 aliphatic rings. The highest BCUT2D eigenvalue weighted by Crippen LogP contribution is 2.05. The number of nitrogens with two attached hydrogens (primary N) is 1. The van der Waals surface area contributed by atoms with E-state index in [4.69, 9.17) is 22.7 Å². The van der Waals surface area contributed by atoms with E-state index < -0.39 is 6.09 Å². The Kier molecular flexibility index (Phi) is 6.61. The zero-order valence-electron chi connectivity index (χ0n) is 12.3. The Hall–Kier alpha value is -2.15. The zero-order chi connectivity index (χ0) is 15.8. The average Bonchev–Trinajstić information content (AvgIpc) is 2.39. The van der Waals surface area contributed by atoms with Crippen LogP contribution in [0.3, 0.4) is 0 Å². The Morgan fingerprint density at radius 2 is 2.00 bits per heavy atom. The number of aryl methyl sites for hydroxylation is 1. The molecule has 0 unspecified atom stereocenters. The maximum absolute atomic E-state index is 11.5. The molecule has 0 radical (unpaired) electrons. The van der Waals surface area contributed by atoms with Gasteiger partial charge in [-0.1, -0.05) is 29.8 Å². The summed E-state index contributed by atoms with van der Waals surface area (Å²) in [6.07, 6.45) is -0.500. The van der Waals surface area contributed by atoms with Crippen molar-refractivity contribution in [3.05, 3.63) is 35.4 Å². The molecule has 1 amide bonds. The number of carbonyl (C=O) groups is 1. The van der Waals surface area contributed by atoms with Crippen molar-refractivity contribution >= 4 is 29.1 Å². The number of hydrogen-bond acceptors (Lipinski definition) is 4. The van der Waals surface area contributed by atoms with Gasteiger partial charge in [-0.15, -0.1) is 0 Å². The van der Waals surface area contributed by atoms with E-state index in [1.165, 1.54) is 0 Å². The fraction of sp³-hybridized carbons (Fsp3) is 0.357. The summed E-state index contributed by atoms with van der Waals surface area (Å²) in [5.41, 5.74) is 10.3. The fourth-order valence-corrected chi connectivity index (χ4v) is 1.51. The van der Waals surface area contributed by atoms with Crippen LogP contribution in [0.15, 0.2) is 29.4 Å². The highest BCUT2D eigenvalue weighted by atomic mass is 32.1. The van der Waals surface area contributed by atoms with Gasteiger partial charge in [0.15, 0.2) is 5.11 Å². The smallest absolute Gasteiger partial charge is 0.407 e. The molecular weight excluding hydrogens is 288 g/mol. The highest BCUT2D eigenvalue weighted by Gasteiger charge is 2.09. The van der Waals surface area contributed by atoms with Crippen LogP contribution in [0.2, 0.25) is 0 Å². The van der Waals surface area contributed by atoms with Crippen LogP contribution in [0.5, 0.6) is 0 Å². The summed E-state index contributed by atoms with van der Waals surface area (Å²) in [5, 5.41) is 6.75. The number of hydrogen-bond donors (Lipinski definition) is 3. The lowest BCUT2D eigenvalue weighted by Gasteiger charge is -2.11. The minimum atomic E-state index is -0.500. The van der Waals surface area contributed by atoms with E-state index in [0.29, 0.717) is 5.71 Å². The van der Waals surface area contributed by atoms with Crippen LogP contribution < -0.4 is 16.5 Å². The number of ether oxygens (including phenoxy) is 1. The number of rotatable bonds is 5. The molecule has 0 spiro atoms. The molecular formula is C14H20N4O2S. The van der Waals surface area contributed by atoms with Crippen molar-refractivity contribution < 1.29 is 9.53 Å². The van der Waals surface area contributed by atoms with Crippen LogP contribution >= 0.6 is 12.2 Å². The molecule has 1 aromatic carbocycles. The van der Waals surface area contributed by atoms with Crippen molar-refractivity contribution in [3.63, 3.8) is 0 Å². The minimum absolute atomic E-state index is 0.00649. The predicted molar refractivity (Wildman–Crippen MR) is 87.3 cm³/mol. The topological polar surface area (TPSA) is 88.7 Å². The van der Waals surface area contributed by atoms with Gasteiger partial charge in [-0.25, -0.2) is 4.79 Å². The molecule has 6 nitrogen and oxygen atoms in total. The van der Waals surface area contributed by atoms with Gasteiger partial charge in [-0.3, -0.25) is 5.43 Å². The molecule has 0 aromatic heterocycles. The Balaban J connectivity index is 2.78. The third-order valence-corrected chi connectivity index (χ3v) is 2.52. The zero-order valence-corrected chi connectivity index (χ0v) is 13.2. The van der Waals surface area contributed by atoms with Crippen LogP contribution in [0.4, 0.5) is 4.79 Å². The quantitative estimate of drug-likeness (QED) is 0.437. The molecule has 0 saturated carbocycles. The van der Waals surface area contributed by atoms with Crippen LogP contribution in [0.25, 0.3) is 0 Å². The maximum Gasteiger partial charge on any atom is 0.407 e. The van der Waals surface area contributed by atoms with Gasteiger partial charge >= 0.3 is 6.09 Å².